The molecule has 102 valence electrons. The molecule has 0 aromatic heterocycles. The van der Waals surface area contributed by atoms with Gasteiger partial charge in [-0.3, -0.25) is 4.79 Å². The maximum atomic E-state index is 12.6. The van der Waals surface area contributed by atoms with Gasteiger partial charge in [-0.25, -0.2) is 0 Å². The molecule has 1 aromatic carbocycles. The second-order valence-corrected chi connectivity index (χ2v) is 5.64. The molecule has 1 aromatic rings. The third kappa shape index (κ3) is 2.81. The number of rotatable bonds is 1. The highest BCUT2D eigenvalue weighted by Gasteiger charge is 2.28. The van der Waals surface area contributed by atoms with Gasteiger partial charge in [0.2, 0.25) is 5.91 Å². The van der Waals surface area contributed by atoms with E-state index in [-0.39, 0.29) is 5.92 Å². The van der Waals surface area contributed by atoms with E-state index in [0.717, 1.165) is 51.9 Å². The molecule has 1 heterocycles. The molecular weight excluding hydrogens is 236 g/mol. The van der Waals surface area contributed by atoms with Gasteiger partial charge < -0.3 is 10.2 Å². The van der Waals surface area contributed by atoms with Crippen molar-refractivity contribution < 1.29 is 4.79 Å². The van der Waals surface area contributed by atoms with Crippen LogP contribution in [0.2, 0.25) is 0 Å². The summed E-state index contributed by atoms with van der Waals surface area (Å²) in [7, 11) is 0. The average molecular weight is 258 g/mol. The molecule has 0 radical (unpaired) electrons. The van der Waals surface area contributed by atoms with E-state index >= 15 is 0 Å². The van der Waals surface area contributed by atoms with Gasteiger partial charge in [0.25, 0.3) is 0 Å². The number of aryl methyl sites for hydroxylation is 1. The third-order valence-corrected chi connectivity index (χ3v) is 4.35. The summed E-state index contributed by atoms with van der Waals surface area (Å²) in [6, 6.07) is 8.56. The van der Waals surface area contributed by atoms with Gasteiger partial charge in [0.15, 0.2) is 0 Å². The Morgan fingerprint density at radius 3 is 2.89 bits per heavy atom. The highest BCUT2D eigenvalue weighted by Crippen LogP contribution is 2.26. The number of carbonyl (C=O) groups is 1. The summed E-state index contributed by atoms with van der Waals surface area (Å²) >= 11 is 0. The molecule has 3 nitrogen and oxygen atoms in total. The van der Waals surface area contributed by atoms with Crippen LogP contribution in [0, 0.1) is 5.92 Å². The van der Waals surface area contributed by atoms with Crippen LogP contribution >= 0.6 is 0 Å². The minimum atomic E-state index is 0.202. The van der Waals surface area contributed by atoms with E-state index in [1.165, 1.54) is 11.1 Å². The van der Waals surface area contributed by atoms with Crippen LogP contribution in [-0.2, 0) is 17.6 Å². The first-order chi connectivity index (χ1) is 9.34. The summed E-state index contributed by atoms with van der Waals surface area (Å²) in [5, 5.41) is 3.36. The van der Waals surface area contributed by atoms with Crippen LogP contribution < -0.4 is 5.32 Å². The van der Waals surface area contributed by atoms with Gasteiger partial charge in [0, 0.05) is 25.6 Å². The molecule has 1 aliphatic heterocycles. The molecule has 1 N–H and O–H groups in total. The molecule has 3 rings (SSSR count). The van der Waals surface area contributed by atoms with Crippen LogP contribution in [0.25, 0.3) is 0 Å². The van der Waals surface area contributed by atoms with Crippen molar-refractivity contribution in [2.75, 3.05) is 26.2 Å². The normalized spacial score (nSPS) is 23.6. The van der Waals surface area contributed by atoms with E-state index in [4.69, 9.17) is 0 Å². The van der Waals surface area contributed by atoms with E-state index < -0.39 is 0 Å². The third-order valence-electron chi connectivity index (χ3n) is 4.35. The quantitative estimate of drug-likeness (QED) is 0.830. The minimum absolute atomic E-state index is 0.202. The van der Waals surface area contributed by atoms with Crippen LogP contribution in [0.4, 0.5) is 0 Å². The number of fused-ring (bicyclic) bond motifs is 1. The second-order valence-electron chi connectivity index (χ2n) is 5.64. The first-order valence-corrected chi connectivity index (χ1v) is 7.41. The number of carbonyl (C=O) groups excluding carboxylic acids is 1. The van der Waals surface area contributed by atoms with E-state index in [2.05, 4.69) is 34.5 Å². The van der Waals surface area contributed by atoms with E-state index in [0.29, 0.717) is 5.91 Å². The molecule has 0 spiro atoms. The standard InChI is InChI=1S/C16H22N2O/c19-16(18-10-3-8-17-9-11-18)15-7-6-13-4-1-2-5-14(13)12-15/h1-2,4-5,15,17H,3,6-12H2. The van der Waals surface area contributed by atoms with Crippen molar-refractivity contribution in [3.05, 3.63) is 35.4 Å². The second kappa shape index (κ2) is 5.74. The van der Waals surface area contributed by atoms with Crippen molar-refractivity contribution in [1.82, 2.24) is 10.2 Å². The van der Waals surface area contributed by atoms with Crippen molar-refractivity contribution in [3.8, 4) is 0 Å². The Kier molecular flexibility index (Phi) is 3.83. The molecule has 0 saturated carbocycles. The molecule has 1 saturated heterocycles. The molecule has 19 heavy (non-hydrogen) atoms. The zero-order valence-electron chi connectivity index (χ0n) is 11.4. The lowest BCUT2D eigenvalue weighted by Crippen LogP contribution is -2.40. The molecule has 1 amide bonds. The molecule has 2 aliphatic rings. The molecule has 1 aliphatic carbocycles. The lowest BCUT2D eigenvalue weighted by atomic mass is 9.83. The van der Waals surface area contributed by atoms with Crippen molar-refractivity contribution in [2.45, 2.75) is 25.7 Å². The zero-order valence-corrected chi connectivity index (χ0v) is 11.4. The minimum Gasteiger partial charge on any atom is -0.341 e. The van der Waals surface area contributed by atoms with Crippen molar-refractivity contribution >= 4 is 5.91 Å². The van der Waals surface area contributed by atoms with Gasteiger partial charge >= 0.3 is 0 Å². The van der Waals surface area contributed by atoms with Crippen LogP contribution in [0.5, 0.6) is 0 Å². The number of benzene rings is 1. The summed E-state index contributed by atoms with van der Waals surface area (Å²) in [6.45, 7) is 3.77. The Morgan fingerprint density at radius 1 is 1.16 bits per heavy atom. The number of nitrogens with zero attached hydrogens (tertiary/aromatic N) is 1. The van der Waals surface area contributed by atoms with Crippen molar-refractivity contribution in [1.29, 1.82) is 0 Å². The van der Waals surface area contributed by atoms with E-state index in [9.17, 15) is 4.79 Å². The molecular formula is C16H22N2O. The fourth-order valence-corrected chi connectivity index (χ4v) is 3.23. The monoisotopic (exact) mass is 258 g/mol. The zero-order chi connectivity index (χ0) is 13.1. The Balaban J connectivity index is 1.68. The van der Waals surface area contributed by atoms with Crippen LogP contribution in [-0.4, -0.2) is 37.0 Å². The summed E-state index contributed by atoms with van der Waals surface area (Å²) in [5.41, 5.74) is 2.81. The van der Waals surface area contributed by atoms with Gasteiger partial charge in [0.1, 0.15) is 0 Å². The highest BCUT2D eigenvalue weighted by atomic mass is 16.2. The molecule has 0 bridgehead atoms. The average Bonchev–Trinajstić information content (AvgIpc) is 2.75. The predicted molar refractivity (Wildman–Crippen MR) is 76.0 cm³/mol. The fourth-order valence-electron chi connectivity index (χ4n) is 3.23. The number of hydrogen-bond acceptors (Lipinski definition) is 2. The number of amides is 1. The summed E-state index contributed by atoms with van der Waals surface area (Å²) < 4.78 is 0. The van der Waals surface area contributed by atoms with E-state index in [1.54, 1.807) is 0 Å². The van der Waals surface area contributed by atoms with E-state index in [1.807, 2.05) is 0 Å². The lowest BCUT2D eigenvalue weighted by Gasteiger charge is -2.29. The van der Waals surface area contributed by atoms with Gasteiger partial charge in [-0.15, -0.1) is 0 Å². The molecule has 3 heteroatoms. The highest BCUT2D eigenvalue weighted by molar-refractivity contribution is 5.79. The van der Waals surface area contributed by atoms with Crippen LogP contribution in [0.15, 0.2) is 24.3 Å². The van der Waals surface area contributed by atoms with Gasteiger partial charge in [-0.2, -0.15) is 0 Å². The first-order valence-electron chi connectivity index (χ1n) is 7.41. The molecule has 1 fully saturated rings. The van der Waals surface area contributed by atoms with Gasteiger partial charge in [-0.1, -0.05) is 24.3 Å². The van der Waals surface area contributed by atoms with Crippen molar-refractivity contribution in [2.24, 2.45) is 5.92 Å². The van der Waals surface area contributed by atoms with Crippen LogP contribution in [0.3, 0.4) is 0 Å². The number of nitrogens with one attached hydrogen (secondary N) is 1. The Labute approximate surface area is 115 Å². The smallest absolute Gasteiger partial charge is 0.226 e. The lowest BCUT2D eigenvalue weighted by molar-refractivity contribution is -0.135. The summed E-state index contributed by atoms with van der Waals surface area (Å²) in [4.78, 5) is 14.7. The topological polar surface area (TPSA) is 32.3 Å². The van der Waals surface area contributed by atoms with Gasteiger partial charge in [0.05, 0.1) is 0 Å². The maximum Gasteiger partial charge on any atom is 0.226 e. The SMILES string of the molecule is O=C(C1CCc2ccccc2C1)N1CCCNCC1. The summed E-state index contributed by atoms with van der Waals surface area (Å²) in [6.07, 6.45) is 4.08. The Bertz CT molecular complexity index is 450. The summed E-state index contributed by atoms with van der Waals surface area (Å²) in [5.74, 6) is 0.575. The fraction of sp³-hybridized carbons (Fsp3) is 0.562. The van der Waals surface area contributed by atoms with Crippen LogP contribution in [0.1, 0.15) is 24.0 Å². The molecule has 1 atom stereocenters. The predicted octanol–water partition coefficient (Wildman–Crippen LogP) is 1.61. The molecule has 1 unspecified atom stereocenters. The Morgan fingerprint density at radius 2 is 2.00 bits per heavy atom. The maximum absolute atomic E-state index is 12.6. The Hall–Kier alpha value is -1.35. The van der Waals surface area contributed by atoms with Gasteiger partial charge in [-0.05, 0) is 43.4 Å². The largest absolute Gasteiger partial charge is 0.341 e. The van der Waals surface area contributed by atoms with Crippen molar-refractivity contribution in [3.63, 3.8) is 0 Å². The first kappa shape index (κ1) is 12.7. The number of hydrogen-bond donors (Lipinski definition) is 1.